The fourth-order valence-electron chi connectivity index (χ4n) is 2.47. The monoisotopic (exact) mass is 279 g/mol. The minimum Gasteiger partial charge on any atom is -0.207 e. The highest BCUT2D eigenvalue weighted by molar-refractivity contribution is 7.89. The second-order valence-corrected chi connectivity index (χ2v) is 7.24. The summed E-state index contributed by atoms with van der Waals surface area (Å²) in [6.07, 6.45) is 4.95. The van der Waals surface area contributed by atoms with Gasteiger partial charge in [-0.2, -0.15) is 0 Å². The minimum absolute atomic E-state index is 0.0219. The van der Waals surface area contributed by atoms with Gasteiger partial charge in [-0.3, -0.25) is 0 Å². The lowest BCUT2D eigenvalue weighted by atomic mass is 9.92. The lowest BCUT2D eigenvalue weighted by molar-refractivity contribution is 0.384. The van der Waals surface area contributed by atoms with E-state index in [2.05, 4.69) is 30.7 Å². The average Bonchev–Trinajstić information content (AvgIpc) is 2.77. The van der Waals surface area contributed by atoms with Crippen LogP contribution < -0.4 is 4.72 Å². The Morgan fingerprint density at radius 2 is 1.84 bits per heavy atom. The summed E-state index contributed by atoms with van der Waals surface area (Å²) >= 11 is 0. The van der Waals surface area contributed by atoms with Crippen molar-refractivity contribution < 1.29 is 8.42 Å². The first-order valence-electron chi connectivity index (χ1n) is 6.66. The maximum atomic E-state index is 12.3. The molecule has 0 unspecified atom stereocenters. The van der Waals surface area contributed by atoms with Crippen molar-refractivity contribution in [2.75, 3.05) is 0 Å². The molecular formula is C15H21NO2S. The Morgan fingerprint density at radius 3 is 2.42 bits per heavy atom. The Kier molecular flexibility index (Phi) is 4.11. The zero-order chi connectivity index (χ0) is 14.0. The molecule has 0 spiro atoms. The van der Waals surface area contributed by atoms with E-state index >= 15 is 0 Å². The predicted molar refractivity (Wildman–Crippen MR) is 77.4 cm³/mol. The first kappa shape index (κ1) is 14.3. The number of benzene rings is 1. The lowest BCUT2D eigenvalue weighted by Gasteiger charge is -2.23. The van der Waals surface area contributed by atoms with E-state index in [1.54, 1.807) is 12.1 Å². The predicted octanol–water partition coefficient (Wildman–Crippen LogP) is 2.87. The second-order valence-electron chi connectivity index (χ2n) is 5.53. The van der Waals surface area contributed by atoms with Gasteiger partial charge in [0.15, 0.2) is 0 Å². The third-order valence-corrected chi connectivity index (χ3v) is 5.13. The Morgan fingerprint density at radius 1 is 1.21 bits per heavy atom. The highest BCUT2D eigenvalue weighted by atomic mass is 32.2. The molecule has 4 heteroatoms. The van der Waals surface area contributed by atoms with Gasteiger partial charge < -0.3 is 0 Å². The molecule has 0 bridgehead atoms. The van der Waals surface area contributed by atoms with Crippen molar-refractivity contribution in [2.45, 2.75) is 38.1 Å². The molecule has 1 aromatic rings. The first-order valence-corrected chi connectivity index (χ1v) is 8.14. The van der Waals surface area contributed by atoms with Crippen LogP contribution in [0.2, 0.25) is 0 Å². The van der Waals surface area contributed by atoms with Gasteiger partial charge in [-0.05, 0) is 37.3 Å². The molecule has 104 valence electrons. The van der Waals surface area contributed by atoms with E-state index in [1.807, 2.05) is 19.1 Å². The molecule has 19 heavy (non-hydrogen) atoms. The summed E-state index contributed by atoms with van der Waals surface area (Å²) in [5, 5.41) is 0. The van der Waals surface area contributed by atoms with Gasteiger partial charge >= 0.3 is 0 Å². The molecular weight excluding hydrogens is 258 g/mol. The maximum Gasteiger partial charge on any atom is 0.240 e. The van der Waals surface area contributed by atoms with E-state index in [1.165, 1.54) is 0 Å². The van der Waals surface area contributed by atoms with Crippen LogP contribution in [0.4, 0.5) is 0 Å². The van der Waals surface area contributed by atoms with Crippen molar-refractivity contribution in [3.63, 3.8) is 0 Å². The van der Waals surface area contributed by atoms with E-state index in [0.29, 0.717) is 10.8 Å². The zero-order valence-corrected chi connectivity index (χ0v) is 12.4. The van der Waals surface area contributed by atoms with Crippen LogP contribution >= 0.6 is 0 Å². The van der Waals surface area contributed by atoms with Crippen molar-refractivity contribution in [3.05, 3.63) is 42.0 Å². The van der Waals surface area contributed by atoms with Crippen LogP contribution in [-0.2, 0) is 10.0 Å². The topological polar surface area (TPSA) is 46.2 Å². The van der Waals surface area contributed by atoms with Crippen LogP contribution in [0.25, 0.3) is 0 Å². The Hall–Kier alpha value is -1.13. The fourth-order valence-corrected chi connectivity index (χ4v) is 3.75. The molecule has 0 heterocycles. The zero-order valence-electron chi connectivity index (χ0n) is 11.6. The maximum absolute atomic E-state index is 12.3. The summed E-state index contributed by atoms with van der Waals surface area (Å²) in [6.45, 7) is 6.18. The summed E-state index contributed by atoms with van der Waals surface area (Å²) in [5.74, 6) is 0.713. The number of hydrogen-bond donors (Lipinski definition) is 1. The van der Waals surface area contributed by atoms with Gasteiger partial charge in [0.25, 0.3) is 0 Å². The van der Waals surface area contributed by atoms with Crippen molar-refractivity contribution in [1.29, 1.82) is 0 Å². The quantitative estimate of drug-likeness (QED) is 0.861. The van der Waals surface area contributed by atoms with Crippen LogP contribution in [-0.4, -0.2) is 14.5 Å². The second kappa shape index (κ2) is 5.47. The summed E-state index contributed by atoms with van der Waals surface area (Å²) in [5.41, 5.74) is 1.06. The smallest absolute Gasteiger partial charge is 0.207 e. The fraction of sp³-hybridized carbons (Fsp3) is 0.467. The Labute approximate surface area is 115 Å². The molecule has 1 N–H and O–H groups in total. The Bertz CT molecular complexity index is 558. The molecule has 1 aliphatic carbocycles. The van der Waals surface area contributed by atoms with E-state index in [4.69, 9.17) is 0 Å². The molecule has 3 nitrogen and oxygen atoms in total. The van der Waals surface area contributed by atoms with Crippen LogP contribution in [0.15, 0.2) is 41.3 Å². The lowest BCUT2D eigenvalue weighted by Crippen LogP contribution is -2.39. The van der Waals surface area contributed by atoms with Crippen molar-refractivity contribution in [3.8, 4) is 0 Å². The molecule has 1 aliphatic rings. The molecule has 0 aliphatic heterocycles. The van der Waals surface area contributed by atoms with Gasteiger partial charge in [0, 0.05) is 6.04 Å². The van der Waals surface area contributed by atoms with Crippen molar-refractivity contribution >= 4 is 10.0 Å². The summed E-state index contributed by atoms with van der Waals surface area (Å²) in [4.78, 5) is 0.340. The van der Waals surface area contributed by atoms with Crippen LogP contribution in [0.1, 0.15) is 25.8 Å². The third-order valence-electron chi connectivity index (χ3n) is 3.62. The Balaban J connectivity index is 2.16. The van der Waals surface area contributed by atoms with Crippen LogP contribution in [0, 0.1) is 18.8 Å². The summed E-state index contributed by atoms with van der Waals surface area (Å²) < 4.78 is 27.5. The molecule has 0 aromatic heterocycles. The van der Waals surface area contributed by atoms with E-state index in [9.17, 15) is 8.42 Å². The molecule has 2 rings (SSSR count). The van der Waals surface area contributed by atoms with Gasteiger partial charge in [-0.15, -0.1) is 0 Å². The molecule has 0 amide bonds. The van der Waals surface area contributed by atoms with E-state index in [-0.39, 0.29) is 12.0 Å². The van der Waals surface area contributed by atoms with Gasteiger partial charge in [0.05, 0.1) is 4.90 Å². The highest BCUT2D eigenvalue weighted by Gasteiger charge is 2.29. The number of aryl methyl sites for hydroxylation is 1. The molecule has 0 saturated carbocycles. The largest absolute Gasteiger partial charge is 0.240 e. The van der Waals surface area contributed by atoms with Crippen molar-refractivity contribution in [2.24, 2.45) is 11.8 Å². The molecule has 0 fully saturated rings. The summed E-state index contributed by atoms with van der Waals surface area (Å²) in [6, 6.07) is 6.93. The van der Waals surface area contributed by atoms with E-state index in [0.717, 1.165) is 12.0 Å². The van der Waals surface area contributed by atoms with Gasteiger partial charge in [-0.25, -0.2) is 13.1 Å². The molecule has 1 aromatic carbocycles. The first-order chi connectivity index (χ1) is 8.90. The number of hydrogen-bond acceptors (Lipinski definition) is 2. The number of sulfonamides is 1. The van der Waals surface area contributed by atoms with Crippen LogP contribution in [0.5, 0.6) is 0 Å². The molecule has 0 radical (unpaired) electrons. The van der Waals surface area contributed by atoms with E-state index < -0.39 is 10.0 Å². The third kappa shape index (κ3) is 3.25. The van der Waals surface area contributed by atoms with Crippen LogP contribution in [0.3, 0.4) is 0 Å². The SMILES string of the molecule is Cc1ccc(S(=O)(=O)N[C@H]2CC=C[C@H]2C(C)C)cc1. The minimum atomic E-state index is -3.42. The standard InChI is InChI=1S/C15H21NO2S/c1-11(2)14-5-4-6-15(14)16-19(17,18)13-9-7-12(3)8-10-13/h4-5,7-11,14-16H,6H2,1-3H3/t14-,15-/m0/s1. The number of rotatable bonds is 4. The normalized spacial score (nSPS) is 23.2. The molecule has 0 saturated heterocycles. The molecule has 2 atom stereocenters. The van der Waals surface area contributed by atoms with Gasteiger partial charge in [0.1, 0.15) is 0 Å². The van der Waals surface area contributed by atoms with Crippen molar-refractivity contribution in [1.82, 2.24) is 4.72 Å². The highest BCUT2D eigenvalue weighted by Crippen LogP contribution is 2.27. The summed E-state index contributed by atoms with van der Waals surface area (Å²) in [7, 11) is -3.42. The van der Waals surface area contributed by atoms with Gasteiger partial charge in [-0.1, -0.05) is 43.7 Å². The van der Waals surface area contributed by atoms with Gasteiger partial charge in [0.2, 0.25) is 10.0 Å². The number of nitrogens with one attached hydrogen (secondary N) is 1. The average molecular weight is 279 g/mol.